The van der Waals surface area contributed by atoms with E-state index >= 15 is 0 Å². The fourth-order valence-electron chi connectivity index (χ4n) is 4.35. The van der Waals surface area contributed by atoms with Gasteiger partial charge in [0, 0.05) is 35.4 Å². The Hall–Kier alpha value is -2.85. The number of rotatable bonds is 5. The van der Waals surface area contributed by atoms with E-state index in [1.165, 1.54) is 23.9 Å². The maximum atomic E-state index is 11.6. The van der Waals surface area contributed by atoms with Gasteiger partial charge in [-0.15, -0.1) is 23.4 Å². The van der Waals surface area contributed by atoms with Crippen LogP contribution in [0.15, 0.2) is 41.3 Å². The van der Waals surface area contributed by atoms with Crippen LogP contribution in [0.2, 0.25) is 0 Å². The number of hydrogen-bond donors (Lipinski definition) is 1. The number of carbonyl (C=O) groups excluding carboxylic acids is 1. The van der Waals surface area contributed by atoms with Crippen molar-refractivity contribution in [2.24, 2.45) is 5.92 Å². The van der Waals surface area contributed by atoms with Gasteiger partial charge in [0.15, 0.2) is 0 Å². The number of alkyl halides is 1. The minimum atomic E-state index is -1.43. The van der Waals surface area contributed by atoms with Crippen molar-refractivity contribution >= 4 is 46.4 Å². The number of carbonyl (C=O) groups is 1. The summed E-state index contributed by atoms with van der Waals surface area (Å²) >= 11 is 8.05. The molecule has 2 aromatic carbocycles. The summed E-state index contributed by atoms with van der Waals surface area (Å²) in [6.45, 7) is 0.399. The molecule has 0 unspecified atom stereocenters. The third-order valence-electron chi connectivity index (χ3n) is 5.59. The summed E-state index contributed by atoms with van der Waals surface area (Å²) in [6, 6.07) is 8.68. The largest absolute Gasteiger partial charge is 0.545 e. The van der Waals surface area contributed by atoms with E-state index in [4.69, 9.17) is 11.6 Å². The highest BCUT2D eigenvalue weighted by Gasteiger charge is 2.49. The number of hydrogen-bond acceptors (Lipinski definition) is 8. The summed E-state index contributed by atoms with van der Waals surface area (Å²) in [5, 5.41) is 36.7. The van der Waals surface area contributed by atoms with Gasteiger partial charge in [0.2, 0.25) is 0 Å². The Morgan fingerprint density at radius 1 is 1.10 bits per heavy atom. The minimum Gasteiger partial charge on any atom is -0.545 e. The number of nitrogens with one attached hydrogen (secondary N) is 1. The monoisotopic (exact) mass is 448 g/mol. The van der Waals surface area contributed by atoms with E-state index in [9.17, 15) is 30.1 Å². The van der Waals surface area contributed by atoms with Gasteiger partial charge in [-0.1, -0.05) is 12.1 Å². The number of carboxylic acid groups (broad SMARTS) is 1. The molecule has 2 aliphatic rings. The Morgan fingerprint density at radius 2 is 1.80 bits per heavy atom. The molecule has 1 aliphatic carbocycles. The lowest BCUT2D eigenvalue weighted by molar-refractivity contribution is -0.387. The van der Waals surface area contributed by atoms with E-state index in [0.29, 0.717) is 17.9 Å². The van der Waals surface area contributed by atoms with Crippen LogP contribution in [0.3, 0.4) is 0 Å². The summed E-state index contributed by atoms with van der Waals surface area (Å²) < 4.78 is 0. The van der Waals surface area contributed by atoms with E-state index in [2.05, 4.69) is 5.32 Å². The molecule has 9 nitrogen and oxygen atoms in total. The van der Waals surface area contributed by atoms with E-state index in [0.717, 1.165) is 6.07 Å². The van der Waals surface area contributed by atoms with Gasteiger partial charge in [-0.25, -0.2) is 0 Å². The number of halogens is 1. The van der Waals surface area contributed by atoms with Crippen LogP contribution in [0, 0.1) is 26.1 Å². The minimum absolute atomic E-state index is 0.0232. The molecule has 156 valence electrons. The van der Waals surface area contributed by atoms with Crippen molar-refractivity contribution in [2.75, 3.05) is 11.9 Å². The van der Waals surface area contributed by atoms with E-state index in [1.807, 2.05) is 0 Å². The normalized spacial score (nSPS) is 24.4. The Bertz CT molecular complexity index is 1060. The van der Waals surface area contributed by atoms with Crippen molar-refractivity contribution in [3.8, 4) is 0 Å². The molecule has 0 aromatic heterocycles. The second-order valence-electron chi connectivity index (χ2n) is 7.19. The Balaban J connectivity index is 1.73. The van der Waals surface area contributed by atoms with Gasteiger partial charge in [0.05, 0.1) is 37.3 Å². The molecule has 1 saturated carbocycles. The van der Waals surface area contributed by atoms with Crippen molar-refractivity contribution in [3.05, 3.63) is 67.8 Å². The van der Waals surface area contributed by atoms with Gasteiger partial charge in [-0.3, -0.25) is 20.2 Å². The quantitative estimate of drug-likeness (QED) is 0.418. The zero-order valence-corrected chi connectivity index (χ0v) is 16.9. The summed E-state index contributed by atoms with van der Waals surface area (Å²) in [5.41, 5.74) is 0.0768. The molecule has 4 atom stereocenters. The van der Waals surface area contributed by atoms with Crippen molar-refractivity contribution in [1.82, 2.24) is 0 Å². The number of thioether (sulfide) groups is 1. The zero-order valence-electron chi connectivity index (χ0n) is 15.3. The number of nitro groups is 2. The smallest absolute Gasteiger partial charge is 0.282 e. The van der Waals surface area contributed by atoms with Gasteiger partial charge in [-0.05, 0) is 24.5 Å². The van der Waals surface area contributed by atoms with Gasteiger partial charge in [-0.2, -0.15) is 0 Å². The SMILES string of the molecule is O=C([O-])c1ccc([N+](=O)[O-])c2c1NC[C@H]1C[C@@H](Sc3ccccc3[N+](=O)[O-])[C@@H](Cl)[C@@H]21. The molecule has 0 spiro atoms. The molecule has 1 N–H and O–H groups in total. The van der Waals surface area contributed by atoms with Gasteiger partial charge >= 0.3 is 0 Å². The lowest BCUT2D eigenvalue weighted by Gasteiger charge is -2.32. The Kier molecular flexibility index (Phi) is 5.29. The average molecular weight is 449 g/mol. The van der Waals surface area contributed by atoms with Crippen LogP contribution < -0.4 is 10.4 Å². The van der Waals surface area contributed by atoms with Gasteiger partial charge in [0.1, 0.15) is 0 Å². The molecule has 2 aromatic rings. The third-order valence-corrected chi connectivity index (χ3v) is 7.71. The molecule has 1 aliphatic heterocycles. The number of para-hydroxylation sites is 1. The number of nitrogens with zero attached hydrogens (tertiary/aromatic N) is 2. The van der Waals surface area contributed by atoms with E-state index in [1.54, 1.807) is 18.2 Å². The number of carboxylic acids is 1. The second-order valence-corrected chi connectivity index (χ2v) is 8.98. The van der Waals surface area contributed by atoms with Crippen molar-refractivity contribution in [3.63, 3.8) is 0 Å². The topological polar surface area (TPSA) is 138 Å². The molecule has 0 amide bonds. The van der Waals surface area contributed by atoms with E-state index < -0.39 is 27.1 Å². The first-order valence-electron chi connectivity index (χ1n) is 9.10. The Morgan fingerprint density at radius 3 is 2.47 bits per heavy atom. The zero-order chi connectivity index (χ0) is 21.6. The molecule has 1 heterocycles. The highest BCUT2D eigenvalue weighted by molar-refractivity contribution is 8.00. The predicted octanol–water partition coefficient (Wildman–Crippen LogP) is 3.16. The highest BCUT2D eigenvalue weighted by atomic mass is 35.5. The van der Waals surface area contributed by atoms with Gasteiger partial charge < -0.3 is 15.2 Å². The Labute approximate surface area is 179 Å². The van der Waals surface area contributed by atoms with Gasteiger partial charge in [0.25, 0.3) is 11.4 Å². The lowest BCUT2D eigenvalue weighted by Crippen LogP contribution is -2.32. The average Bonchev–Trinajstić information content (AvgIpc) is 3.02. The molecule has 0 bridgehead atoms. The molecule has 0 radical (unpaired) electrons. The van der Waals surface area contributed by atoms with Crippen molar-refractivity contribution < 1.29 is 19.7 Å². The summed E-state index contributed by atoms with van der Waals surface area (Å²) in [6.07, 6.45) is 0.578. The third kappa shape index (κ3) is 3.35. The summed E-state index contributed by atoms with van der Waals surface area (Å²) in [5.74, 6) is -1.96. The van der Waals surface area contributed by atoms with Crippen LogP contribution in [-0.4, -0.2) is 33.0 Å². The molecular formula is C19H15ClN3O6S-. The molecular weight excluding hydrogens is 434 g/mol. The van der Waals surface area contributed by atoms with Crippen LogP contribution in [0.5, 0.6) is 0 Å². The fourth-order valence-corrected chi connectivity index (χ4v) is 6.33. The molecule has 11 heteroatoms. The first-order chi connectivity index (χ1) is 14.3. The molecule has 1 fully saturated rings. The fraction of sp³-hybridized carbons (Fsp3) is 0.316. The van der Waals surface area contributed by atoms with Crippen LogP contribution in [0.4, 0.5) is 17.1 Å². The number of fused-ring (bicyclic) bond motifs is 3. The van der Waals surface area contributed by atoms with Crippen molar-refractivity contribution in [1.29, 1.82) is 0 Å². The lowest BCUT2D eigenvalue weighted by atomic mass is 9.82. The first-order valence-corrected chi connectivity index (χ1v) is 10.4. The molecule has 4 rings (SSSR count). The second kappa shape index (κ2) is 7.77. The maximum absolute atomic E-state index is 11.6. The number of nitro benzene ring substituents is 2. The highest BCUT2D eigenvalue weighted by Crippen LogP contribution is 2.55. The standard InChI is InChI=1S/C19H16ClN3O6S/c20-17-14(30-13-4-2-1-3-11(13)22(26)27)7-9-8-21-18-10(19(24)25)5-6-12(23(28)29)16(18)15(9)17/h1-6,9,14-15,17,21H,7-8H2,(H,24,25)/p-1/t9-,14-,15-,17-/m1/s1. The predicted molar refractivity (Wildman–Crippen MR) is 109 cm³/mol. The van der Waals surface area contributed by atoms with Crippen molar-refractivity contribution in [2.45, 2.75) is 27.9 Å². The number of benzene rings is 2. The van der Waals surface area contributed by atoms with Crippen LogP contribution in [0.25, 0.3) is 0 Å². The first kappa shape index (κ1) is 20.4. The molecule has 30 heavy (non-hydrogen) atoms. The summed E-state index contributed by atoms with van der Waals surface area (Å²) in [7, 11) is 0. The van der Waals surface area contributed by atoms with Crippen LogP contribution in [0.1, 0.15) is 28.3 Å². The van der Waals surface area contributed by atoms with E-state index in [-0.39, 0.29) is 39.4 Å². The number of aromatic carboxylic acids is 1. The maximum Gasteiger partial charge on any atom is 0.282 e. The van der Waals surface area contributed by atoms with Crippen LogP contribution >= 0.6 is 23.4 Å². The van der Waals surface area contributed by atoms with Crippen LogP contribution in [-0.2, 0) is 0 Å². The number of anilines is 1. The molecule has 0 saturated heterocycles. The summed E-state index contributed by atoms with van der Waals surface area (Å²) in [4.78, 5) is 33.9.